The predicted molar refractivity (Wildman–Crippen MR) is 46.8 cm³/mol. The Morgan fingerprint density at radius 1 is 1.21 bits per heavy atom. The average molecular weight is 191 g/mol. The highest BCUT2D eigenvalue weighted by molar-refractivity contribution is 5.01. The van der Waals surface area contributed by atoms with E-state index >= 15 is 0 Å². The molecule has 0 atom stereocenters. The topological polar surface area (TPSA) is 92.3 Å². The van der Waals surface area contributed by atoms with Crippen molar-refractivity contribution in [3.05, 3.63) is 30.1 Å². The molecule has 2 aromatic rings. The molecule has 2 aromatic heterocycles. The molecule has 0 saturated carbocycles. The van der Waals surface area contributed by atoms with Crippen LogP contribution in [0.25, 0.3) is 0 Å². The molecule has 14 heavy (non-hydrogen) atoms. The van der Waals surface area contributed by atoms with Crippen LogP contribution in [0.15, 0.2) is 18.7 Å². The van der Waals surface area contributed by atoms with Crippen LogP contribution in [0.3, 0.4) is 0 Å². The first-order chi connectivity index (χ1) is 6.95. The summed E-state index contributed by atoms with van der Waals surface area (Å²) < 4.78 is 0. The number of tetrazole rings is 1. The van der Waals surface area contributed by atoms with E-state index in [4.69, 9.17) is 0 Å². The lowest BCUT2D eigenvalue weighted by Crippen LogP contribution is -2.14. The Hall–Kier alpha value is -1.89. The summed E-state index contributed by atoms with van der Waals surface area (Å²) in [4.78, 5) is 7.80. The van der Waals surface area contributed by atoms with Gasteiger partial charge in [-0.05, 0) is 0 Å². The van der Waals surface area contributed by atoms with E-state index in [9.17, 15) is 0 Å². The van der Waals surface area contributed by atoms with Gasteiger partial charge in [0.2, 0.25) is 0 Å². The number of aromatic nitrogens is 6. The zero-order chi connectivity index (χ0) is 9.64. The van der Waals surface area contributed by atoms with E-state index in [-0.39, 0.29) is 0 Å². The number of nitrogens with one attached hydrogen (secondary N) is 2. The molecule has 7 heteroatoms. The molecule has 0 amide bonds. The molecule has 0 bridgehead atoms. The van der Waals surface area contributed by atoms with Gasteiger partial charge in [0.15, 0.2) is 5.82 Å². The van der Waals surface area contributed by atoms with Crippen LogP contribution in [0.5, 0.6) is 0 Å². The van der Waals surface area contributed by atoms with E-state index < -0.39 is 0 Å². The summed E-state index contributed by atoms with van der Waals surface area (Å²) >= 11 is 0. The SMILES string of the molecule is c1ncc(CNCc2nn[nH]n2)cn1. The Bertz CT molecular complexity index is 357. The maximum absolute atomic E-state index is 3.90. The first-order valence-corrected chi connectivity index (χ1v) is 4.12. The van der Waals surface area contributed by atoms with Crippen molar-refractivity contribution in [3.63, 3.8) is 0 Å². The third-order valence-electron chi connectivity index (χ3n) is 1.62. The third-order valence-corrected chi connectivity index (χ3v) is 1.62. The second-order valence-electron chi connectivity index (χ2n) is 2.68. The van der Waals surface area contributed by atoms with Crippen molar-refractivity contribution in [1.82, 2.24) is 35.9 Å². The van der Waals surface area contributed by atoms with Crippen LogP contribution in [0.2, 0.25) is 0 Å². The van der Waals surface area contributed by atoms with Crippen LogP contribution in [0.1, 0.15) is 11.4 Å². The van der Waals surface area contributed by atoms with Crippen LogP contribution < -0.4 is 5.32 Å². The fraction of sp³-hybridized carbons (Fsp3) is 0.286. The molecular weight excluding hydrogens is 182 g/mol. The summed E-state index contributed by atoms with van der Waals surface area (Å²) in [6.07, 6.45) is 5.02. The fourth-order valence-electron chi connectivity index (χ4n) is 0.997. The summed E-state index contributed by atoms with van der Waals surface area (Å²) in [6.45, 7) is 1.26. The molecule has 0 spiro atoms. The summed E-state index contributed by atoms with van der Waals surface area (Å²) in [5.41, 5.74) is 1.02. The minimum atomic E-state index is 0.575. The van der Waals surface area contributed by atoms with E-state index in [1.165, 1.54) is 6.33 Å². The molecular formula is C7H9N7. The average Bonchev–Trinajstić information content (AvgIpc) is 2.72. The highest BCUT2D eigenvalue weighted by Crippen LogP contribution is 1.92. The Kier molecular flexibility index (Phi) is 2.72. The van der Waals surface area contributed by atoms with Gasteiger partial charge in [0, 0.05) is 24.5 Å². The van der Waals surface area contributed by atoms with Gasteiger partial charge in [0.1, 0.15) is 6.33 Å². The van der Waals surface area contributed by atoms with Crippen molar-refractivity contribution < 1.29 is 0 Å². The Labute approximate surface area is 80.0 Å². The summed E-state index contributed by atoms with van der Waals surface area (Å²) in [5, 5.41) is 16.6. The van der Waals surface area contributed by atoms with Crippen LogP contribution in [-0.4, -0.2) is 30.6 Å². The maximum Gasteiger partial charge on any atom is 0.188 e. The van der Waals surface area contributed by atoms with E-state index in [0.29, 0.717) is 18.9 Å². The number of aromatic amines is 1. The summed E-state index contributed by atoms with van der Waals surface area (Å²) in [5.74, 6) is 0.641. The molecule has 2 heterocycles. The molecule has 0 radical (unpaired) electrons. The molecule has 72 valence electrons. The lowest BCUT2D eigenvalue weighted by atomic mass is 10.3. The second kappa shape index (κ2) is 4.38. The van der Waals surface area contributed by atoms with Crippen LogP contribution in [0, 0.1) is 0 Å². The zero-order valence-corrected chi connectivity index (χ0v) is 7.38. The van der Waals surface area contributed by atoms with Gasteiger partial charge < -0.3 is 5.32 Å². The number of nitrogens with zero attached hydrogens (tertiary/aromatic N) is 5. The number of rotatable bonds is 4. The van der Waals surface area contributed by atoms with Crippen LogP contribution in [-0.2, 0) is 13.1 Å². The van der Waals surface area contributed by atoms with Crippen molar-refractivity contribution >= 4 is 0 Å². The Morgan fingerprint density at radius 3 is 2.79 bits per heavy atom. The minimum absolute atomic E-state index is 0.575. The number of hydrogen-bond donors (Lipinski definition) is 2. The Morgan fingerprint density at radius 2 is 2.07 bits per heavy atom. The molecule has 2 rings (SSSR count). The van der Waals surface area contributed by atoms with Gasteiger partial charge in [-0.3, -0.25) is 0 Å². The van der Waals surface area contributed by atoms with Gasteiger partial charge in [-0.1, -0.05) is 5.21 Å². The van der Waals surface area contributed by atoms with Gasteiger partial charge >= 0.3 is 0 Å². The third kappa shape index (κ3) is 2.30. The quantitative estimate of drug-likeness (QED) is 0.662. The van der Waals surface area contributed by atoms with Gasteiger partial charge in [-0.2, -0.15) is 5.21 Å². The smallest absolute Gasteiger partial charge is 0.188 e. The maximum atomic E-state index is 3.90. The highest BCUT2D eigenvalue weighted by atomic mass is 15.5. The van der Waals surface area contributed by atoms with Gasteiger partial charge in [-0.15, -0.1) is 10.2 Å². The minimum Gasteiger partial charge on any atom is -0.305 e. The standard InChI is InChI=1S/C7H9N7/c1(6-2-9-5-10-3-6)8-4-7-11-13-14-12-7/h2-3,5,8H,1,4H2,(H,11,12,13,14). The molecule has 0 aliphatic rings. The second-order valence-corrected chi connectivity index (χ2v) is 2.68. The van der Waals surface area contributed by atoms with Crippen LogP contribution >= 0.6 is 0 Å². The van der Waals surface area contributed by atoms with Gasteiger partial charge in [0.05, 0.1) is 6.54 Å². The van der Waals surface area contributed by atoms with Crippen molar-refractivity contribution in [2.75, 3.05) is 0 Å². The molecule has 0 aliphatic carbocycles. The highest BCUT2D eigenvalue weighted by Gasteiger charge is 1.97. The molecule has 0 aliphatic heterocycles. The van der Waals surface area contributed by atoms with E-state index in [2.05, 4.69) is 35.9 Å². The summed E-state index contributed by atoms with van der Waals surface area (Å²) in [7, 11) is 0. The monoisotopic (exact) mass is 191 g/mol. The lowest BCUT2D eigenvalue weighted by Gasteiger charge is -1.99. The van der Waals surface area contributed by atoms with Crippen molar-refractivity contribution in [2.24, 2.45) is 0 Å². The van der Waals surface area contributed by atoms with Gasteiger partial charge in [-0.25, -0.2) is 9.97 Å². The van der Waals surface area contributed by atoms with Crippen molar-refractivity contribution in [2.45, 2.75) is 13.1 Å². The largest absolute Gasteiger partial charge is 0.305 e. The normalized spacial score (nSPS) is 10.3. The van der Waals surface area contributed by atoms with Gasteiger partial charge in [0.25, 0.3) is 0 Å². The van der Waals surface area contributed by atoms with Crippen molar-refractivity contribution in [3.8, 4) is 0 Å². The van der Waals surface area contributed by atoms with E-state index in [1.54, 1.807) is 12.4 Å². The fourth-order valence-corrected chi connectivity index (χ4v) is 0.997. The molecule has 2 N–H and O–H groups in total. The Balaban J connectivity index is 1.79. The molecule has 7 nitrogen and oxygen atoms in total. The molecule has 0 fully saturated rings. The lowest BCUT2D eigenvalue weighted by molar-refractivity contribution is 0.660. The first-order valence-electron chi connectivity index (χ1n) is 4.12. The molecule has 0 aromatic carbocycles. The van der Waals surface area contributed by atoms with Crippen LogP contribution in [0.4, 0.5) is 0 Å². The summed E-state index contributed by atoms with van der Waals surface area (Å²) in [6, 6.07) is 0. The predicted octanol–water partition coefficient (Wildman–Crippen LogP) is -0.721. The molecule has 0 saturated heterocycles. The number of H-pyrrole nitrogens is 1. The number of hydrogen-bond acceptors (Lipinski definition) is 6. The van der Waals surface area contributed by atoms with E-state index in [0.717, 1.165) is 5.56 Å². The van der Waals surface area contributed by atoms with Crippen molar-refractivity contribution in [1.29, 1.82) is 0 Å². The first kappa shape index (κ1) is 8.70. The molecule has 0 unspecified atom stereocenters. The van der Waals surface area contributed by atoms with E-state index in [1.807, 2.05) is 0 Å². The zero-order valence-electron chi connectivity index (χ0n) is 7.38.